The molecule has 2 heteroatoms. The molecule has 0 aliphatic carbocycles. The molecule has 0 saturated heterocycles. The molecule has 0 saturated carbocycles. The Hall–Kier alpha value is -4.30. The zero-order chi connectivity index (χ0) is 21.6. The first kappa shape index (κ1) is 19.7. The van der Waals surface area contributed by atoms with E-state index in [9.17, 15) is 0 Å². The molecule has 0 aromatic heterocycles. The maximum absolute atomic E-state index is 3.44. The number of hydrogen-bond donors (Lipinski definition) is 1. The highest BCUT2D eigenvalue weighted by Crippen LogP contribution is 2.35. The lowest BCUT2D eigenvalue weighted by molar-refractivity contribution is 1.28. The van der Waals surface area contributed by atoms with Gasteiger partial charge in [-0.2, -0.15) is 0 Å². The van der Waals surface area contributed by atoms with E-state index < -0.39 is 0 Å². The predicted octanol–water partition coefficient (Wildman–Crippen LogP) is 8.57. The van der Waals surface area contributed by atoms with Crippen LogP contribution in [0.3, 0.4) is 0 Å². The fourth-order valence-corrected chi connectivity index (χ4v) is 3.84. The van der Waals surface area contributed by atoms with Gasteiger partial charge >= 0.3 is 0 Å². The van der Waals surface area contributed by atoms with Crippen molar-refractivity contribution in [1.29, 1.82) is 0 Å². The summed E-state index contributed by atoms with van der Waals surface area (Å²) in [5, 5.41) is 3.44. The van der Waals surface area contributed by atoms with Crippen molar-refractivity contribution >= 4 is 28.4 Å². The molecule has 0 aliphatic rings. The van der Waals surface area contributed by atoms with Crippen LogP contribution in [0, 0.1) is 0 Å². The zero-order valence-corrected chi connectivity index (χ0v) is 17.7. The average Bonchev–Trinajstić information content (AvgIpc) is 2.87. The molecular weight excluding hydrogens is 388 g/mol. The molecular formula is C30H24N2. The number of nitrogens with zero attached hydrogens (tertiary/aromatic N) is 1. The summed E-state index contributed by atoms with van der Waals surface area (Å²) in [4.78, 5) is 2.27. The van der Waals surface area contributed by atoms with E-state index in [-0.39, 0.29) is 0 Å². The molecule has 0 atom stereocenters. The molecule has 0 bridgehead atoms. The smallest absolute Gasteiger partial charge is 0.0462 e. The number of benzene rings is 5. The van der Waals surface area contributed by atoms with Gasteiger partial charge in [-0.15, -0.1) is 0 Å². The van der Waals surface area contributed by atoms with E-state index in [0.717, 1.165) is 28.4 Å². The van der Waals surface area contributed by atoms with Gasteiger partial charge in [0.2, 0.25) is 0 Å². The molecule has 0 heterocycles. The fraction of sp³-hybridized carbons (Fsp3) is 0. The molecule has 0 aliphatic heterocycles. The Morgan fingerprint density at radius 3 is 1.22 bits per heavy atom. The van der Waals surface area contributed by atoms with Gasteiger partial charge in [0, 0.05) is 28.4 Å². The summed E-state index contributed by atoms with van der Waals surface area (Å²) in [5.41, 5.74) is 7.98. The molecule has 5 aromatic rings. The Morgan fingerprint density at radius 1 is 0.344 bits per heavy atom. The van der Waals surface area contributed by atoms with E-state index in [1.54, 1.807) is 0 Å². The maximum Gasteiger partial charge on any atom is 0.0462 e. The average molecular weight is 413 g/mol. The molecule has 0 radical (unpaired) electrons. The number of hydrogen-bond acceptors (Lipinski definition) is 2. The molecule has 0 unspecified atom stereocenters. The minimum atomic E-state index is 1.08. The Kier molecular flexibility index (Phi) is 5.67. The Bertz CT molecular complexity index is 1210. The quantitative estimate of drug-likeness (QED) is 0.300. The van der Waals surface area contributed by atoms with Crippen molar-refractivity contribution in [3.63, 3.8) is 0 Å². The van der Waals surface area contributed by atoms with Crippen LogP contribution >= 0.6 is 0 Å². The Balaban J connectivity index is 1.40. The van der Waals surface area contributed by atoms with Crippen molar-refractivity contribution in [2.45, 2.75) is 0 Å². The van der Waals surface area contributed by atoms with Gasteiger partial charge in [-0.05, 0) is 71.8 Å². The highest BCUT2D eigenvalue weighted by atomic mass is 15.1. The number of para-hydroxylation sites is 3. The predicted molar refractivity (Wildman–Crippen MR) is 136 cm³/mol. The summed E-state index contributed by atoms with van der Waals surface area (Å²) in [5.74, 6) is 0. The second-order valence-corrected chi connectivity index (χ2v) is 7.62. The largest absolute Gasteiger partial charge is 0.356 e. The van der Waals surface area contributed by atoms with E-state index in [0.29, 0.717) is 0 Å². The SMILES string of the molecule is c1ccc(Nc2ccc(-c3ccc(N(c4ccccc4)c4ccccc4)cc3)cc2)cc1. The molecule has 32 heavy (non-hydrogen) atoms. The van der Waals surface area contributed by atoms with Crippen LogP contribution in [0.15, 0.2) is 140 Å². The molecule has 154 valence electrons. The number of nitrogens with one attached hydrogen (secondary N) is 1. The van der Waals surface area contributed by atoms with Gasteiger partial charge in [0.1, 0.15) is 0 Å². The molecule has 5 rings (SSSR count). The summed E-state index contributed by atoms with van der Waals surface area (Å²) < 4.78 is 0. The van der Waals surface area contributed by atoms with Crippen molar-refractivity contribution < 1.29 is 0 Å². The summed E-state index contributed by atoms with van der Waals surface area (Å²) in [6.45, 7) is 0. The van der Waals surface area contributed by atoms with Crippen molar-refractivity contribution in [3.8, 4) is 11.1 Å². The topological polar surface area (TPSA) is 15.3 Å². The van der Waals surface area contributed by atoms with Crippen LogP contribution in [0.25, 0.3) is 11.1 Å². The lowest BCUT2D eigenvalue weighted by Gasteiger charge is -2.25. The molecule has 0 spiro atoms. The molecule has 0 amide bonds. The van der Waals surface area contributed by atoms with E-state index in [1.165, 1.54) is 11.1 Å². The van der Waals surface area contributed by atoms with Gasteiger partial charge in [0.05, 0.1) is 0 Å². The number of anilines is 5. The maximum atomic E-state index is 3.44. The van der Waals surface area contributed by atoms with Crippen LogP contribution in [-0.4, -0.2) is 0 Å². The molecule has 1 N–H and O–H groups in total. The van der Waals surface area contributed by atoms with Crippen molar-refractivity contribution in [2.75, 3.05) is 10.2 Å². The first-order chi connectivity index (χ1) is 15.9. The second kappa shape index (κ2) is 9.23. The van der Waals surface area contributed by atoms with E-state index in [1.807, 2.05) is 30.3 Å². The second-order valence-electron chi connectivity index (χ2n) is 7.62. The fourth-order valence-electron chi connectivity index (χ4n) is 3.84. The zero-order valence-electron chi connectivity index (χ0n) is 17.7. The lowest BCUT2D eigenvalue weighted by atomic mass is 10.0. The summed E-state index contributed by atoms with van der Waals surface area (Å²) in [7, 11) is 0. The first-order valence-electron chi connectivity index (χ1n) is 10.8. The van der Waals surface area contributed by atoms with Crippen LogP contribution in [0.4, 0.5) is 28.4 Å². The first-order valence-corrected chi connectivity index (χ1v) is 10.8. The van der Waals surface area contributed by atoms with Gasteiger partial charge in [-0.3, -0.25) is 0 Å². The molecule has 0 fully saturated rings. The van der Waals surface area contributed by atoms with Crippen molar-refractivity contribution in [1.82, 2.24) is 0 Å². The van der Waals surface area contributed by atoms with Gasteiger partial charge < -0.3 is 10.2 Å². The van der Waals surface area contributed by atoms with Crippen LogP contribution in [0.2, 0.25) is 0 Å². The van der Waals surface area contributed by atoms with E-state index >= 15 is 0 Å². The van der Waals surface area contributed by atoms with Crippen molar-refractivity contribution in [3.05, 3.63) is 140 Å². The van der Waals surface area contributed by atoms with E-state index in [2.05, 4.69) is 119 Å². The van der Waals surface area contributed by atoms with Gasteiger partial charge in [-0.1, -0.05) is 78.9 Å². The van der Waals surface area contributed by atoms with Crippen LogP contribution < -0.4 is 10.2 Å². The van der Waals surface area contributed by atoms with Gasteiger partial charge in [0.15, 0.2) is 0 Å². The summed E-state index contributed by atoms with van der Waals surface area (Å²) >= 11 is 0. The Morgan fingerprint density at radius 2 is 0.719 bits per heavy atom. The highest BCUT2D eigenvalue weighted by molar-refractivity contribution is 5.78. The molecule has 2 nitrogen and oxygen atoms in total. The van der Waals surface area contributed by atoms with Crippen LogP contribution in [0.5, 0.6) is 0 Å². The van der Waals surface area contributed by atoms with Gasteiger partial charge in [0.25, 0.3) is 0 Å². The monoisotopic (exact) mass is 412 g/mol. The summed E-state index contributed by atoms with van der Waals surface area (Å²) in [6, 6.07) is 48.5. The number of rotatable bonds is 6. The van der Waals surface area contributed by atoms with Crippen LogP contribution in [-0.2, 0) is 0 Å². The minimum Gasteiger partial charge on any atom is -0.356 e. The molecule has 5 aromatic carbocycles. The van der Waals surface area contributed by atoms with Gasteiger partial charge in [-0.25, -0.2) is 0 Å². The third-order valence-electron chi connectivity index (χ3n) is 5.43. The minimum absolute atomic E-state index is 1.08. The third kappa shape index (κ3) is 4.40. The Labute approximate surface area is 189 Å². The van der Waals surface area contributed by atoms with Crippen molar-refractivity contribution in [2.24, 2.45) is 0 Å². The highest BCUT2D eigenvalue weighted by Gasteiger charge is 2.11. The lowest BCUT2D eigenvalue weighted by Crippen LogP contribution is -2.09. The summed E-state index contributed by atoms with van der Waals surface area (Å²) in [6.07, 6.45) is 0. The van der Waals surface area contributed by atoms with Crippen LogP contribution in [0.1, 0.15) is 0 Å². The normalized spacial score (nSPS) is 10.5. The standard InChI is InChI=1S/C30H24N2/c1-4-10-26(11-5-1)31-27-20-16-24(17-21-27)25-18-22-30(23-19-25)32(28-12-6-2-7-13-28)29-14-8-3-9-15-29/h1-23,31H. The third-order valence-corrected chi connectivity index (χ3v) is 5.43. The van der Waals surface area contributed by atoms with E-state index in [4.69, 9.17) is 0 Å².